The first-order valence-electron chi connectivity index (χ1n) is 6.70. The number of rotatable bonds is 5. The minimum atomic E-state index is -3.69. The molecule has 0 aromatic heterocycles. The Morgan fingerprint density at radius 3 is 2.50 bits per heavy atom. The van der Waals surface area contributed by atoms with Crippen molar-refractivity contribution in [2.75, 3.05) is 14.2 Å². The maximum absolute atomic E-state index is 13.3. The number of aryl methyl sites for hydroxylation is 1. The Bertz CT molecular complexity index is 775. The smallest absolute Gasteiger partial charge is 0.243 e. The first-order valence-corrected chi connectivity index (χ1v) is 8.14. The topological polar surface area (TPSA) is 46.6 Å². The minimum absolute atomic E-state index is 0.0730. The van der Waals surface area contributed by atoms with Crippen LogP contribution in [0.3, 0.4) is 0 Å². The lowest BCUT2D eigenvalue weighted by Crippen LogP contribution is -2.26. The Morgan fingerprint density at radius 2 is 1.86 bits per heavy atom. The molecule has 2 aromatic rings. The van der Waals surface area contributed by atoms with Crippen LogP contribution in [0.15, 0.2) is 47.4 Å². The van der Waals surface area contributed by atoms with Gasteiger partial charge >= 0.3 is 0 Å². The van der Waals surface area contributed by atoms with Crippen molar-refractivity contribution in [1.29, 1.82) is 0 Å². The van der Waals surface area contributed by atoms with Crippen molar-refractivity contribution in [2.45, 2.75) is 18.4 Å². The van der Waals surface area contributed by atoms with E-state index in [0.29, 0.717) is 11.3 Å². The number of sulfonamides is 1. The molecule has 0 amide bonds. The minimum Gasteiger partial charge on any atom is -0.496 e. The number of methoxy groups -OCH3 is 1. The highest BCUT2D eigenvalue weighted by Crippen LogP contribution is 2.23. The fourth-order valence-corrected chi connectivity index (χ4v) is 3.35. The molecular weight excluding hydrogens is 305 g/mol. The molecule has 0 heterocycles. The van der Waals surface area contributed by atoms with Crippen LogP contribution in [0.25, 0.3) is 0 Å². The summed E-state index contributed by atoms with van der Waals surface area (Å²) in [7, 11) is -0.665. The molecule has 6 heteroatoms. The van der Waals surface area contributed by atoms with E-state index in [1.807, 2.05) is 12.1 Å². The molecule has 0 radical (unpaired) electrons. The van der Waals surface area contributed by atoms with E-state index in [9.17, 15) is 12.8 Å². The number of benzene rings is 2. The van der Waals surface area contributed by atoms with Gasteiger partial charge in [-0.05, 0) is 36.8 Å². The summed E-state index contributed by atoms with van der Waals surface area (Å²) in [4.78, 5) is 0.0730. The molecule has 0 N–H and O–H groups in total. The Labute approximate surface area is 130 Å². The van der Waals surface area contributed by atoms with Gasteiger partial charge in [-0.15, -0.1) is 0 Å². The molecule has 0 atom stereocenters. The van der Waals surface area contributed by atoms with Crippen LogP contribution in [-0.2, 0) is 16.6 Å². The Balaban J connectivity index is 2.31. The van der Waals surface area contributed by atoms with Gasteiger partial charge in [-0.3, -0.25) is 0 Å². The fourth-order valence-electron chi connectivity index (χ4n) is 2.12. The summed E-state index contributed by atoms with van der Waals surface area (Å²) in [5, 5.41) is 0. The van der Waals surface area contributed by atoms with Gasteiger partial charge in [-0.1, -0.05) is 18.2 Å². The zero-order valence-electron chi connectivity index (χ0n) is 12.7. The third kappa shape index (κ3) is 3.28. The SMILES string of the molecule is COc1ccccc1CN(C)S(=O)(=O)c1ccc(F)c(C)c1. The van der Waals surface area contributed by atoms with E-state index < -0.39 is 15.8 Å². The van der Waals surface area contributed by atoms with Gasteiger partial charge in [-0.25, -0.2) is 12.8 Å². The monoisotopic (exact) mass is 323 g/mol. The van der Waals surface area contributed by atoms with Gasteiger partial charge in [0.25, 0.3) is 0 Å². The van der Waals surface area contributed by atoms with Crippen molar-refractivity contribution < 1.29 is 17.5 Å². The zero-order valence-corrected chi connectivity index (χ0v) is 13.5. The van der Waals surface area contributed by atoms with Crippen LogP contribution in [0, 0.1) is 12.7 Å². The van der Waals surface area contributed by atoms with Crippen molar-refractivity contribution >= 4 is 10.0 Å². The predicted octanol–water partition coefficient (Wildman–Crippen LogP) is 2.96. The molecule has 0 fully saturated rings. The van der Waals surface area contributed by atoms with Gasteiger partial charge in [0.05, 0.1) is 12.0 Å². The maximum atomic E-state index is 13.3. The number of para-hydroxylation sites is 1. The largest absolute Gasteiger partial charge is 0.496 e. The van der Waals surface area contributed by atoms with Crippen LogP contribution >= 0.6 is 0 Å². The van der Waals surface area contributed by atoms with Gasteiger partial charge in [0.15, 0.2) is 0 Å². The first-order chi connectivity index (χ1) is 10.4. The van der Waals surface area contributed by atoms with Gasteiger partial charge < -0.3 is 4.74 Å². The lowest BCUT2D eigenvalue weighted by atomic mass is 10.2. The van der Waals surface area contributed by atoms with Crippen LogP contribution in [0.1, 0.15) is 11.1 Å². The standard InChI is InChI=1S/C16H18FNO3S/c1-12-10-14(8-9-15(12)17)22(19,20)18(2)11-13-6-4-5-7-16(13)21-3/h4-10H,11H2,1-3H3. The van der Waals surface area contributed by atoms with E-state index in [2.05, 4.69) is 0 Å². The van der Waals surface area contributed by atoms with Gasteiger partial charge in [0.2, 0.25) is 10.0 Å². The lowest BCUT2D eigenvalue weighted by molar-refractivity contribution is 0.398. The number of hydrogen-bond donors (Lipinski definition) is 0. The Kier molecular flexibility index (Phi) is 4.83. The van der Waals surface area contributed by atoms with E-state index in [0.717, 1.165) is 5.56 Å². The van der Waals surface area contributed by atoms with Crippen molar-refractivity contribution in [3.8, 4) is 5.75 Å². The molecule has 0 aliphatic carbocycles. The quantitative estimate of drug-likeness (QED) is 0.850. The van der Waals surface area contributed by atoms with Crippen molar-refractivity contribution in [2.24, 2.45) is 0 Å². The van der Waals surface area contributed by atoms with Crippen LogP contribution in [-0.4, -0.2) is 26.9 Å². The van der Waals surface area contributed by atoms with E-state index in [-0.39, 0.29) is 11.4 Å². The first kappa shape index (κ1) is 16.5. The molecule has 4 nitrogen and oxygen atoms in total. The number of halogens is 1. The molecule has 0 aliphatic heterocycles. The summed E-state index contributed by atoms with van der Waals surface area (Å²) < 4.78 is 44.9. The molecule has 0 saturated heterocycles. The van der Waals surface area contributed by atoms with E-state index in [4.69, 9.17) is 4.74 Å². The van der Waals surface area contributed by atoms with Crippen LogP contribution in [0.4, 0.5) is 4.39 Å². The zero-order chi connectivity index (χ0) is 16.3. The van der Waals surface area contributed by atoms with E-state index in [1.165, 1.54) is 43.6 Å². The second-order valence-electron chi connectivity index (χ2n) is 4.98. The van der Waals surface area contributed by atoms with Gasteiger partial charge in [0.1, 0.15) is 11.6 Å². The molecule has 2 aromatic carbocycles. The average Bonchev–Trinajstić information content (AvgIpc) is 2.50. The fraction of sp³-hybridized carbons (Fsp3) is 0.250. The van der Waals surface area contributed by atoms with Crippen molar-refractivity contribution in [3.05, 3.63) is 59.4 Å². The molecule has 0 aliphatic rings. The summed E-state index contributed by atoms with van der Waals surface area (Å²) in [5.74, 6) is 0.200. The van der Waals surface area contributed by atoms with Crippen LogP contribution < -0.4 is 4.74 Å². The van der Waals surface area contributed by atoms with Crippen molar-refractivity contribution in [1.82, 2.24) is 4.31 Å². The number of ether oxygens (including phenoxy) is 1. The molecule has 22 heavy (non-hydrogen) atoms. The number of hydrogen-bond acceptors (Lipinski definition) is 3. The molecule has 2 rings (SSSR count). The molecule has 0 saturated carbocycles. The summed E-state index contributed by atoms with van der Waals surface area (Å²) in [6, 6.07) is 11.0. The van der Waals surface area contributed by atoms with E-state index in [1.54, 1.807) is 12.1 Å². The number of nitrogens with zero attached hydrogens (tertiary/aromatic N) is 1. The van der Waals surface area contributed by atoms with Gasteiger partial charge in [0, 0.05) is 19.2 Å². The Hall–Kier alpha value is -1.92. The molecule has 0 spiro atoms. The molecule has 0 bridgehead atoms. The van der Waals surface area contributed by atoms with Gasteiger partial charge in [-0.2, -0.15) is 4.31 Å². The third-order valence-electron chi connectivity index (χ3n) is 3.42. The lowest BCUT2D eigenvalue weighted by Gasteiger charge is -2.19. The third-order valence-corrected chi connectivity index (χ3v) is 5.22. The highest BCUT2D eigenvalue weighted by molar-refractivity contribution is 7.89. The average molecular weight is 323 g/mol. The molecular formula is C16H18FNO3S. The highest BCUT2D eigenvalue weighted by atomic mass is 32.2. The van der Waals surface area contributed by atoms with Crippen LogP contribution in [0.5, 0.6) is 5.75 Å². The second-order valence-corrected chi connectivity index (χ2v) is 7.03. The van der Waals surface area contributed by atoms with E-state index >= 15 is 0 Å². The summed E-state index contributed by atoms with van der Waals surface area (Å²) in [6.07, 6.45) is 0. The Morgan fingerprint density at radius 1 is 1.18 bits per heavy atom. The summed E-state index contributed by atoms with van der Waals surface area (Å²) in [6.45, 7) is 1.71. The second kappa shape index (κ2) is 6.46. The summed E-state index contributed by atoms with van der Waals surface area (Å²) in [5.41, 5.74) is 1.06. The van der Waals surface area contributed by atoms with Crippen molar-refractivity contribution in [3.63, 3.8) is 0 Å². The highest BCUT2D eigenvalue weighted by Gasteiger charge is 2.22. The molecule has 0 unspecified atom stereocenters. The normalized spacial score (nSPS) is 11.7. The summed E-state index contributed by atoms with van der Waals surface area (Å²) >= 11 is 0. The molecule has 118 valence electrons. The predicted molar refractivity (Wildman–Crippen MR) is 82.8 cm³/mol. The van der Waals surface area contributed by atoms with Crippen LogP contribution in [0.2, 0.25) is 0 Å². The maximum Gasteiger partial charge on any atom is 0.243 e.